The zero-order valence-electron chi connectivity index (χ0n) is 14.4. The quantitative estimate of drug-likeness (QED) is 0.488. The molecule has 3 aromatic carbocycles. The molecule has 130 valence electrons. The van der Waals surface area contributed by atoms with E-state index in [4.69, 9.17) is 0 Å². The molecule has 3 rings (SSSR count). The van der Waals surface area contributed by atoms with Crippen LogP contribution in [0, 0.1) is 5.82 Å². The Labute approximate surface area is 153 Å². The summed E-state index contributed by atoms with van der Waals surface area (Å²) in [7, 11) is 0. The standard InChI is InChI=1S/C23H20FNO/c24-22-13-11-18(12-14-22)15-21(23(26)20-9-5-2-6-10-20)17-25-16-19-7-3-1-4-8-19/h1-15,25H,16-17H2/b21-15+. The van der Waals surface area contributed by atoms with Crippen molar-refractivity contribution in [3.63, 3.8) is 0 Å². The van der Waals surface area contributed by atoms with Gasteiger partial charge in [-0.25, -0.2) is 4.39 Å². The molecule has 0 aliphatic heterocycles. The fourth-order valence-electron chi connectivity index (χ4n) is 2.67. The molecule has 0 radical (unpaired) electrons. The number of halogens is 1. The number of carbonyl (C=O) groups excluding carboxylic acids is 1. The number of rotatable bonds is 7. The van der Waals surface area contributed by atoms with Gasteiger partial charge in [-0.05, 0) is 29.3 Å². The molecule has 0 bridgehead atoms. The highest BCUT2D eigenvalue weighted by Gasteiger charge is 2.12. The van der Waals surface area contributed by atoms with Gasteiger partial charge in [-0.3, -0.25) is 4.79 Å². The number of Topliss-reactive ketones (excluding diaryl/α,β-unsaturated/α-hetero) is 1. The Balaban J connectivity index is 1.79. The van der Waals surface area contributed by atoms with Crippen molar-refractivity contribution in [1.82, 2.24) is 5.32 Å². The molecule has 3 aromatic rings. The second kappa shape index (κ2) is 8.88. The third-order valence-corrected chi connectivity index (χ3v) is 4.03. The molecule has 0 aliphatic carbocycles. The lowest BCUT2D eigenvalue weighted by atomic mass is 10.0. The maximum Gasteiger partial charge on any atom is 0.190 e. The number of hydrogen-bond donors (Lipinski definition) is 1. The van der Waals surface area contributed by atoms with Crippen LogP contribution in [-0.4, -0.2) is 12.3 Å². The minimum Gasteiger partial charge on any atom is -0.308 e. The molecule has 0 saturated carbocycles. The van der Waals surface area contributed by atoms with Crippen molar-refractivity contribution >= 4 is 11.9 Å². The highest BCUT2D eigenvalue weighted by molar-refractivity contribution is 6.11. The molecule has 0 unspecified atom stereocenters. The summed E-state index contributed by atoms with van der Waals surface area (Å²) in [6.45, 7) is 1.10. The average Bonchev–Trinajstić information content (AvgIpc) is 2.70. The van der Waals surface area contributed by atoms with E-state index in [0.717, 1.165) is 11.1 Å². The van der Waals surface area contributed by atoms with Crippen LogP contribution in [0.25, 0.3) is 6.08 Å². The van der Waals surface area contributed by atoms with Crippen LogP contribution in [0.15, 0.2) is 90.5 Å². The Morgan fingerprint density at radius 2 is 1.46 bits per heavy atom. The number of carbonyl (C=O) groups is 1. The molecule has 2 nitrogen and oxygen atoms in total. The summed E-state index contributed by atoms with van der Waals surface area (Å²) in [6.07, 6.45) is 1.81. The van der Waals surface area contributed by atoms with Gasteiger partial charge >= 0.3 is 0 Å². The van der Waals surface area contributed by atoms with E-state index in [9.17, 15) is 9.18 Å². The largest absolute Gasteiger partial charge is 0.308 e. The molecule has 0 amide bonds. The number of benzene rings is 3. The molecule has 26 heavy (non-hydrogen) atoms. The summed E-state index contributed by atoms with van der Waals surface area (Å²) in [5.74, 6) is -0.323. The maximum absolute atomic E-state index is 13.1. The molecule has 0 aromatic heterocycles. The Morgan fingerprint density at radius 1 is 0.846 bits per heavy atom. The maximum atomic E-state index is 13.1. The third kappa shape index (κ3) is 4.98. The Bertz CT molecular complexity index is 871. The van der Waals surface area contributed by atoms with Gasteiger partial charge in [0.15, 0.2) is 5.78 Å². The lowest BCUT2D eigenvalue weighted by Gasteiger charge is -2.10. The van der Waals surface area contributed by atoms with Crippen LogP contribution in [0.4, 0.5) is 4.39 Å². The third-order valence-electron chi connectivity index (χ3n) is 4.03. The summed E-state index contributed by atoms with van der Waals surface area (Å²) in [5, 5.41) is 3.32. The molecular formula is C23H20FNO. The number of nitrogens with one attached hydrogen (secondary N) is 1. The minimum atomic E-state index is -0.291. The van der Waals surface area contributed by atoms with E-state index < -0.39 is 0 Å². The molecule has 0 fully saturated rings. The Morgan fingerprint density at radius 3 is 2.12 bits per heavy atom. The van der Waals surface area contributed by atoms with Crippen molar-refractivity contribution in [2.75, 3.05) is 6.54 Å². The van der Waals surface area contributed by atoms with Crippen LogP contribution in [0.2, 0.25) is 0 Å². The zero-order chi connectivity index (χ0) is 18.2. The predicted octanol–water partition coefficient (Wildman–Crippen LogP) is 4.88. The van der Waals surface area contributed by atoms with E-state index in [1.54, 1.807) is 24.3 Å². The van der Waals surface area contributed by atoms with Crippen molar-refractivity contribution in [3.05, 3.63) is 113 Å². The first-order valence-electron chi connectivity index (χ1n) is 8.53. The van der Waals surface area contributed by atoms with Crippen LogP contribution in [0.1, 0.15) is 21.5 Å². The highest BCUT2D eigenvalue weighted by Crippen LogP contribution is 2.14. The molecule has 3 heteroatoms. The highest BCUT2D eigenvalue weighted by atomic mass is 19.1. The summed E-state index contributed by atoms with van der Waals surface area (Å²) in [4.78, 5) is 12.9. The van der Waals surface area contributed by atoms with Crippen molar-refractivity contribution < 1.29 is 9.18 Å². The van der Waals surface area contributed by atoms with Crippen molar-refractivity contribution in [1.29, 1.82) is 0 Å². The van der Waals surface area contributed by atoms with E-state index in [1.807, 2.05) is 54.6 Å². The van der Waals surface area contributed by atoms with Crippen LogP contribution in [0.3, 0.4) is 0 Å². The van der Waals surface area contributed by atoms with E-state index >= 15 is 0 Å². The van der Waals surface area contributed by atoms with Gasteiger partial charge in [0.25, 0.3) is 0 Å². The molecule has 0 saturated heterocycles. The smallest absolute Gasteiger partial charge is 0.190 e. The van der Waals surface area contributed by atoms with Gasteiger partial charge in [-0.1, -0.05) is 72.8 Å². The fraction of sp³-hybridized carbons (Fsp3) is 0.0870. The Kier molecular flexibility index (Phi) is 6.07. The monoisotopic (exact) mass is 345 g/mol. The molecule has 0 spiro atoms. The van der Waals surface area contributed by atoms with Crippen molar-refractivity contribution in [3.8, 4) is 0 Å². The fourth-order valence-corrected chi connectivity index (χ4v) is 2.67. The normalized spacial score (nSPS) is 11.3. The minimum absolute atomic E-state index is 0.0320. The molecule has 0 heterocycles. The average molecular weight is 345 g/mol. The lowest BCUT2D eigenvalue weighted by Crippen LogP contribution is -2.21. The first kappa shape index (κ1) is 17.8. The van der Waals surface area contributed by atoms with Gasteiger partial charge in [0.05, 0.1) is 0 Å². The number of ketones is 1. The first-order chi connectivity index (χ1) is 12.7. The van der Waals surface area contributed by atoms with Gasteiger partial charge in [-0.2, -0.15) is 0 Å². The van der Waals surface area contributed by atoms with E-state index in [-0.39, 0.29) is 11.6 Å². The van der Waals surface area contributed by atoms with E-state index in [1.165, 1.54) is 12.1 Å². The van der Waals surface area contributed by atoms with Crippen LogP contribution in [0.5, 0.6) is 0 Å². The van der Waals surface area contributed by atoms with E-state index in [0.29, 0.717) is 24.2 Å². The summed E-state index contributed by atoms with van der Waals surface area (Å²) in [6, 6.07) is 25.3. The molecular weight excluding hydrogens is 325 g/mol. The topological polar surface area (TPSA) is 29.1 Å². The summed E-state index contributed by atoms with van der Waals surface area (Å²) < 4.78 is 13.1. The van der Waals surface area contributed by atoms with Gasteiger partial charge in [0.2, 0.25) is 0 Å². The van der Waals surface area contributed by atoms with Crippen LogP contribution >= 0.6 is 0 Å². The van der Waals surface area contributed by atoms with Crippen LogP contribution in [-0.2, 0) is 6.54 Å². The summed E-state index contributed by atoms with van der Waals surface area (Å²) >= 11 is 0. The summed E-state index contributed by atoms with van der Waals surface area (Å²) in [5.41, 5.74) is 3.23. The SMILES string of the molecule is O=C(/C(=C/c1ccc(F)cc1)CNCc1ccccc1)c1ccccc1. The van der Waals surface area contributed by atoms with Gasteiger partial charge in [-0.15, -0.1) is 0 Å². The lowest BCUT2D eigenvalue weighted by molar-refractivity contribution is 0.103. The van der Waals surface area contributed by atoms with E-state index in [2.05, 4.69) is 5.32 Å². The molecule has 0 aliphatic rings. The zero-order valence-corrected chi connectivity index (χ0v) is 14.4. The molecule has 1 N–H and O–H groups in total. The second-order valence-corrected chi connectivity index (χ2v) is 6.01. The molecule has 0 atom stereocenters. The van der Waals surface area contributed by atoms with Gasteiger partial charge in [0, 0.05) is 24.2 Å². The van der Waals surface area contributed by atoms with Gasteiger partial charge < -0.3 is 5.32 Å². The van der Waals surface area contributed by atoms with Crippen molar-refractivity contribution in [2.45, 2.75) is 6.54 Å². The first-order valence-corrected chi connectivity index (χ1v) is 8.53. The van der Waals surface area contributed by atoms with Gasteiger partial charge in [0.1, 0.15) is 5.82 Å². The number of hydrogen-bond acceptors (Lipinski definition) is 2. The Hall–Kier alpha value is -3.04. The predicted molar refractivity (Wildman–Crippen MR) is 103 cm³/mol. The van der Waals surface area contributed by atoms with Crippen molar-refractivity contribution in [2.24, 2.45) is 0 Å². The second-order valence-electron chi connectivity index (χ2n) is 6.01. The van der Waals surface area contributed by atoms with Crippen LogP contribution < -0.4 is 5.32 Å².